The topological polar surface area (TPSA) is 140 Å². The van der Waals surface area contributed by atoms with E-state index in [9.17, 15) is 15.0 Å². The number of carbonyl (C=O) groups excluding carboxylic acids is 1. The molecule has 1 aliphatic heterocycles. The molecule has 1 saturated heterocycles. The number of rotatable bonds is 8. The fourth-order valence-electron chi connectivity index (χ4n) is 4.17. The molecule has 32 heavy (non-hydrogen) atoms. The van der Waals surface area contributed by atoms with E-state index < -0.39 is 30.4 Å². The van der Waals surface area contributed by atoms with E-state index in [1.807, 2.05) is 49.3 Å². The Labute approximate surface area is 185 Å². The van der Waals surface area contributed by atoms with Gasteiger partial charge in [-0.2, -0.15) is 0 Å². The summed E-state index contributed by atoms with van der Waals surface area (Å²) in [5.41, 5.74) is 8.17. The van der Waals surface area contributed by atoms with Gasteiger partial charge in [-0.1, -0.05) is 30.3 Å². The summed E-state index contributed by atoms with van der Waals surface area (Å²) in [7, 11) is 3.70. The maximum Gasteiger partial charge on any atom is 0.167 e. The van der Waals surface area contributed by atoms with Crippen molar-refractivity contribution in [3.8, 4) is 0 Å². The number of nitrogens with two attached hydrogens (primary N) is 1. The van der Waals surface area contributed by atoms with Crippen LogP contribution in [0.1, 0.15) is 18.2 Å². The van der Waals surface area contributed by atoms with Crippen LogP contribution in [0.15, 0.2) is 43.0 Å². The van der Waals surface area contributed by atoms with E-state index in [4.69, 9.17) is 10.5 Å². The lowest BCUT2D eigenvalue weighted by Gasteiger charge is -2.20. The molecule has 4 rings (SSSR count). The number of benzene rings is 1. The minimum absolute atomic E-state index is 0.00144. The molecule has 0 radical (unpaired) electrons. The van der Waals surface area contributed by atoms with Crippen LogP contribution in [0.25, 0.3) is 11.2 Å². The monoisotopic (exact) mass is 440 g/mol. The minimum Gasteiger partial charge on any atom is -0.394 e. The van der Waals surface area contributed by atoms with Gasteiger partial charge in [-0.3, -0.25) is 9.36 Å². The van der Waals surface area contributed by atoms with Gasteiger partial charge in [-0.05, 0) is 12.0 Å². The molecule has 1 aromatic carbocycles. The van der Waals surface area contributed by atoms with E-state index in [1.54, 1.807) is 4.57 Å². The number of aromatic nitrogens is 4. The Balaban J connectivity index is 1.53. The van der Waals surface area contributed by atoms with E-state index in [0.29, 0.717) is 23.4 Å². The van der Waals surface area contributed by atoms with Gasteiger partial charge >= 0.3 is 0 Å². The second-order valence-corrected chi connectivity index (χ2v) is 8.28. The molecule has 3 aromatic rings. The first-order chi connectivity index (χ1) is 15.4. The molecule has 0 saturated carbocycles. The van der Waals surface area contributed by atoms with E-state index in [2.05, 4.69) is 15.0 Å². The van der Waals surface area contributed by atoms with E-state index in [1.165, 1.54) is 12.7 Å². The highest BCUT2D eigenvalue weighted by Gasteiger charge is 2.46. The van der Waals surface area contributed by atoms with Gasteiger partial charge in [0.25, 0.3) is 0 Å². The zero-order chi connectivity index (χ0) is 22.8. The molecule has 5 atom stereocenters. The number of nitrogens with zero attached hydrogens (tertiary/aromatic N) is 5. The summed E-state index contributed by atoms with van der Waals surface area (Å²) < 4.78 is 7.56. The zero-order valence-corrected chi connectivity index (χ0v) is 18.1. The van der Waals surface area contributed by atoms with Crippen LogP contribution in [0.2, 0.25) is 0 Å². The SMILES string of the molecule is CN(C)c1ncnc2c1ncn2[C@@H]1O[C@H](CO)[C@@H](CC(=O)[C@@H](N)Cc2ccccc2)[C@H]1O. The summed E-state index contributed by atoms with van der Waals surface area (Å²) in [6.45, 7) is -0.329. The molecule has 170 valence electrons. The van der Waals surface area contributed by atoms with Crippen molar-refractivity contribution >= 4 is 22.8 Å². The Hall–Kier alpha value is -2.92. The fraction of sp³-hybridized carbons (Fsp3) is 0.455. The maximum absolute atomic E-state index is 12.8. The van der Waals surface area contributed by atoms with E-state index in [0.717, 1.165) is 5.56 Å². The van der Waals surface area contributed by atoms with Gasteiger partial charge in [0.1, 0.15) is 18.2 Å². The molecule has 0 amide bonds. The van der Waals surface area contributed by atoms with Crippen LogP contribution in [0.3, 0.4) is 0 Å². The molecule has 3 heterocycles. The van der Waals surface area contributed by atoms with Crippen LogP contribution in [0.5, 0.6) is 0 Å². The van der Waals surface area contributed by atoms with Crippen LogP contribution in [0, 0.1) is 5.92 Å². The fourth-order valence-corrected chi connectivity index (χ4v) is 4.17. The molecule has 10 heteroatoms. The lowest BCUT2D eigenvalue weighted by atomic mass is 9.89. The molecule has 0 unspecified atom stereocenters. The largest absolute Gasteiger partial charge is 0.394 e. The smallest absolute Gasteiger partial charge is 0.167 e. The highest BCUT2D eigenvalue weighted by molar-refractivity contribution is 5.84. The first-order valence-electron chi connectivity index (χ1n) is 10.5. The number of hydrogen-bond donors (Lipinski definition) is 3. The van der Waals surface area contributed by atoms with Crippen molar-refractivity contribution in [2.75, 3.05) is 25.6 Å². The van der Waals surface area contributed by atoms with Gasteiger partial charge in [0, 0.05) is 26.4 Å². The number of anilines is 1. The number of ether oxygens (including phenoxy) is 1. The van der Waals surface area contributed by atoms with Crippen molar-refractivity contribution in [3.05, 3.63) is 48.5 Å². The Morgan fingerprint density at radius 2 is 2.00 bits per heavy atom. The van der Waals surface area contributed by atoms with Gasteiger partial charge in [-0.25, -0.2) is 15.0 Å². The van der Waals surface area contributed by atoms with Crippen molar-refractivity contribution in [3.63, 3.8) is 0 Å². The summed E-state index contributed by atoms with van der Waals surface area (Å²) in [5, 5.41) is 20.9. The summed E-state index contributed by atoms with van der Waals surface area (Å²) in [4.78, 5) is 27.6. The van der Waals surface area contributed by atoms with E-state index in [-0.39, 0.29) is 18.8 Å². The van der Waals surface area contributed by atoms with Crippen molar-refractivity contribution in [2.45, 2.75) is 37.3 Å². The van der Waals surface area contributed by atoms with Gasteiger partial charge in [0.15, 0.2) is 23.2 Å². The Morgan fingerprint density at radius 1 is 1.25 bits per heavy atom. The van der Waals surface area contributed by atoms with Gasteiger partial charge < -0.3 is 25.6 Å². The van der Waals surface area contributed by atoms with Crippen molar-refractivity contribution in [2.24, 2.45) is 11.7 Å². The second kappa shape index (κ2) is 9.29. The minimum atomic E-state index is -1.05. The van der Waals surface area contributed by atoms with Crippen LogP contribution >= 0.6 is 0 Å². The number of ketones is 1. The third-order valence-corrected chi connectivity index (χ3v) is 5.89. The number of Topliss-reactive ketones (excluding diaryl/α,β-unsaturated/α-hetero) is 1. The highest BCUT2D eigenvalue weighted by atomic mass is 16.5. The van der Waals surface area contributed by atoms with Crippen LogP contribution < -0.4 is 10.6 Å². The second-order valence-electron chi connectivity index (χ2n) is 8.28. The number of aliphatic hydroxyl groups excluding tert-OH is 2. The highest BCUT2D eigenvalue weighted by Crippen LogP contribution is 2.38. The summed E-state index contributed by atoms with van der Waals surface area (Å²) in [5.74, 6) is -0.154. The summed E-state index contributed by atoms with van der Waals surface area (Å²) >= 11 is 0. The predicted octanol–water partition coefficient (Wildman–Crippen LogP) is 0.288. The molecule has 1 fully saturated rings. The molecule has 0 aliphatic carbocycles. The molecule has 10 nitrogen and oxygen atoms in total. The predicted molar refractivity (Wildman–Crippen MR) is 118 cm³/mol. The first kappa shape index (κ1) is 22.3. The van der Waals surface area contributed by atoms with Crippen LogP contribution in [-0.2, 0) is 16.0 Å². The number of aliphatic hydroxyl groups is 2. The van der Waals surface area contributed by atoms with Crippen molar-refractivity contribution in [1.29, 1.82) is 0 Å². The standard InChI is InChI=1S/C22H28N6O4/c1-27(2)20-18-21(25-11-24-20)28(12-26-18)22-19(31)14(17(10-29)32-22)9-16(30)15(23)8-13-6-4-3-5-7-13/h3-7,11-12,14-15,17,19,22,29,31H,8-10,23H2,1-2H3/t14-,15+,17-,19-,22-/m1/s1. The Bertz CT molecular complexity index is 1070. The maximum atomic E-state index is 12.8. The molecule has 4 N–H and O–H groups in total. The third-order valence-electron chi connectivity index (χ3n) is 5.89. The number of carbonyl (C=O) groups is 1. The van der Waals surface area contributed by atoms with Crippen molar-refractivity contribution in [1.82, 2.24) is 19.5 Å². The first-order valence-corrected chi connectivity index (χ1v) is 10.5. The van der Waals surface area contributed by atoms with Crippen molar-refractivity contribution < 1.29 is 19.7 Å². The molecular weight excluding hydrogens is 412 g/mol. The average molecular weight is 441 g/mol. The van der Waals surface area contributed by atoms with Gasteiger partial charge in [0.05, 0.1) is 25.1 Å². The lowest BCUT2D eigenvalue weighted by Crippen LogP contribution is -2.38. The number of fused-ring (bicyclic) bond motifs is 1. The quantitative estimate of drug-likeness (QED) is 0.451. The average Bonchev–Trinajstić information content (AvgIpc) is 3.35. The Kier molecular flexibility index (Phi) is 6.47. The van der Waals surface area contributed by atoms with Gasteiger partial charge in [-0.15, -0.1) is 0 Å². The zero-order valence-electron chi connectivity index (χ0n) is 18.1. The normalized spacial score (nSPS) is 24.0. The molecule has 0 bridgehead atoms. The molecule has 2 aromatic heterocycles. The summed E-state index contributed by atoms with van der Waals surface area (Å²) in [6.07, 6.45) is 0.759. The van der Waals surface area contributed by atoms with E-state index >= 15 is 0 Å². The molecule has 1 aliphatic rings. The molecular formula is C22H28N6O4. The lowest BCUT2D eigenvalue weighted by molar-refractivity contribution is -0.122. The van der Waals surface area contributed by atoms with Crippen LogP contribution in [-0.4, -0.2) is 74.5 Å². The summed E-state index contributed by atoms with van der Waals surface area (Å²) in [6, 6.07) is 8.83. The van der Waals surface area contributed by atoms with Crippen LogP contribution in [0.4, 0.5) is 5.82 Å². The number of hydrogen-bond acceptors (Lipinski definition) is 9. The van der Waals surface area contributed by atoms with Gasteiger partial charge in [0.2, 0.25) is 0 Å². The third kappa shape index (κ3) is 4.22. The number of imidazole rings is 1. The molecule has 0 spiro atoms. The Morgan fingerprint density at radius 3 is 2.69 bits per heavy atom.